The maximum absolute atomic E-state index is 13.7. The van der Waals surface area contributed by atoms with E-state index in [1.165, 1.54) is 16.8 Å². The number of piperidine rings is 2. The number of benzene rings is 3. The van der Waals surface area contributed by atoms with Crippen molar-refractivity contribution >= 4 is 79.5 Å². The topological polar surface area (TPSA) is 173 Å². The third-order valence-electron chi connectivity index (χ3n) is 13.2. The first-order valence-corrected chi connectivity index (χ1v) is 23.9. The fraction of sp³-hybridized carbons (Fsp3) is 0.444. The summed E-state index contributed by atoms with van der Waals surface area (Å²) >= 11 is 6.53. The van der Waals surface area contributed by atoms with Gasteiger partial charge in [0.15, 0.2) is 5.82 Å². The summed E-state index contributed by atoms with van der Waals surface area (Å²) in [6.07, 6.45) is 7.09. The second-order valence-corrected chi connectivity index (χ2v) is 19.3. The van der Waals surface area contributed by atoms with Crippen LogP contribution in [-0.4, -0.2) is 124 Å². The van der Waals surface area contributed by atoms with Crippen LogP contribution in [0.15, 0.2) is 66.9 Å². The smallest absolute Gasteiger partial charge is 0.234 e. The number of fused-ring (bicyclic) bond motifs is 1. The van der Waals surface area contributed by atoms with E-state index < -0.39 is 10.0 Å². The molecule has 4 saturated heterocycles. The maximum atomic E-state index is 13.7. The molecule has 2 atom stereocenters. The van der Waals surface area contributed by atoms with E-state index in [0.717, 1.165) is 87.6 Å². The molecule has 3 aromatic carbocycles. The number of carbonyl (C=O) groups excluding carboxylic acids is 3. The molecule has 18 heteroatoms. The summed E-state index contributed by atoms with van der Waals surface area (Å²) in [6, 6.07) is 20.1. The fourth-order valence-corrected chi connectivity index (χ4v) is 10.9. The number of ether oxygens (including phenoxy) is 1. The van der Waals surface area contributed by atoms with E-state index in [4.69, 9.17) is 16.3 Å². The summed E-state index contributed by atoms with van der Waals surface area (Å²) in [7, 11) is -1.83. The Bertz CT molecular complexity index is 2490. The molecule has 5 aliphatic rings. The van der Waals surface area contributed by atoms with Crippen molar-refractivity contribution in [1.29, 1.82) is 0 Å². The largest absolute Gasteiger partial charge is 0.494 e. The highest BCUT2D eigenvalue weighted by Gasteiger charge is 2.36. The van der Waals surface area contributed by atoms with E-state index in [-0.39, 0.29) is 34.6 Å². The molecule has 0 spiro atoms. The molecule has 1 aromatic heterocycles. The lowest BCUT2D eigenvalue weighted by atomic mass is 9.90. The van der Waals surface area contributed by atoms with Gasteiger partial charge in [-0.25, -0.2) is 13.4 Å². The van der Waals surface area contributed by atoms with Crippen molar-refractivity contribution in [3.05, 3.63) is 83.0 Å². The lowest BCUT2D eigenvalue weighted by molar-refractivity contribution is -0.137. The number of sulfonamides is 1. The minimum atomic E-state index is -3.46. The molecule has 5 aliphatic heterocycles. The minimum absolute atomic E-state index is 0.0289. The molecular weight excluding hydrogens is 844 g/mol. The van der Waals surface area contributed by atoms with Crippen molar-refractivity contribution in [2.75, 3.05) is 97.0 Å². The van der Waals surface area contributed by atoms with Gasteiger partial charge in [0.05, 0.1) is 48.5 Å². The van der Waals surface area contributed by atoms with Gasteiger partial charge in [0.1, 0.15) is 10.8 Å². The molecule has 4 fully saturated rings. The third-order valence-corrected chi connectivity index (χ3v) is 14.6. The van der Waals surface area contributed by atoms with Crippen LogP contribution in [-0.2, 0) is 30.8 Å². The van der Waals surface area contributed by atoms with E-state index in [2.05, 4.69) is 51.6 Å². The minimum Gasteiger partial charge on any atom is -0.494 e. The summed E-state index contributed by atoms with van der Waals surface area (Å²) in [4.78, 5) is 55.9. The van der Waals surface area contributed by atoms with Crippen LogP contribution in [0, 0.1) is 5.92 Å². The summed E-state index contributed by atoms with van der Waals surface area (Å²) in [6.45, 7) is 6.93. The van der Waals surface area contributed by atoms with Crippen molar-refractivity contribution in [2.24, 2.45) is 5.92 Å². The lowest BCUT2D eigenvalue weighted by Gasteiger charge is -2.43. The molecule has 63 heavy (non-hydrogen) atoms. The van der Waals surface area contributed by atoms with Gasteiger partial charge in [0.2, 0.25) is 33.7 Å². The number of carbonyl (C=O) groups is 3. The highest BCUT2D eigenvalue weighted by Crippen LogP contribution is 2.40. The van der Waals surface area contributed by atoms with Crippen molar-refractivity contribution in [3.63, 3.8) is 0 Å². The molecular formula is C45H53ClN10O6S. The Morgan fingerprint density at radius 2 is 1.59 bits per heavy atom. The second kappa shape index (κ2) is 17.8. The van der Waals surface area contributed by atoms with Crippen molar-refractivity contribution in [2.45, 2.75) is 50.5 Å². The fourth-order valence-electron chi connectivity index (χ4n) is 9.78. The number of amides is 3. The number of para-hydroxylation sites is 1. The molecule has 1 unspecified atom stereocenters. The zero-order valence-electron chi connectivity index (χ0n) is 35.6. The van der Waals surface area contributed by atoms with Gasteiger partial charge in [0.25, 0.3) is 0 Å². The van der Waals surface area contributed by atoms with Gasteiger partial charge in [-0.15, -0.1) is 0 Å². The molecule has 6 heterocycles. The zero-order valence-corrected chi connectivity index (χ0v) is 37.1. The number of nitrogens with one attached hydrogen (secondary N) is 3. The molecule has 9 rings (SSSR count). The van der Waals surface area contributed by atoms with Crippen molar-refractivity contribution < 1.29 is 27.5 Å². The van der Waals surface area contributed by atoms with Gasteiger partial charge in [-0.1, -0.05) is 35.9 Å². The van der Waals surface area contributed by atoms with Gasteiger partial charge in [-0.2, -0.15) is 4.98 Å². The molecule has 332 valence electrons. The maximum Gasteiger partial charge on any atom is 0.234 e. The number of piperazine rings is 1. The van der Waals surface area contributed by atoms with Crippen LogP contribution in [0.4, 0.5) is 40.2 Å². The average Bonchev–Trinajstić information content (AvgIpc) is 3.97. The Hall–Kier alpha value is -5.65. The monoisotopic (exact) mass is 896 g/mol. The average molecular weight is 898 g/mol. The van der Waals surface area contributed by atoms with Gasteiger partial charge in [-0.05, 0) is 73.6 Å². The third kappa shape index (κ3) is 9.09. The highest BCUT2D eigenvalue weighted by atomic mass is 35.5. The van der Waals surface area contributed by atoms with E-state index in [9.17, 15) is 22.8 Å². The zero-order chi connectivity index (χ0) is 43.8. The normalized spacial score (nSPS) is 21.1. The quantitative estimate of drug-likeness (QED) is 0.170. The van der Waals surface area contributed by atoms with Crippen LogP contribution in [0.3, 0.4) is 0 Å². The van der Waals surface area contributed by atoms with Crippen LogP contribution in [0.5, 0.6) is 5.75 Å². The number of hydrogen-bond donors (Lipinski definition) is 3. The number of anilines is 7. The van der Waals surface area contributed by atoms with E-state index >= 15 is 0 Å². The Labute approximate surface area is 373 Å². The molecule has 3 N–H and O–H groups in total. The van der Waals surface area contributed by atoms with Crippen LogP contribution in [0.2, 0.25) is 5.02 Å². The van der Waals surface area contributed by atoms with Gasteiger partial charge in [0, 0.05) is 88.8 Å². The summed E-state index contributed by atoms with van der Waals surface area (Å²) in [5.41, 5.74) is 5.84. The van der Waals surface area contributed by atoms with Gasteiger partial charge < -0.3 is 30.1 Å². The molecule has 0 saturated carbocycles. The number of nitrogens with zero attached hydrogens (tertiary/aromatic N) is 7. The lowest BCUT2D eigenvalue weighted by Crippen LogP contribution is -2.55. The first-order chi connectivity index (χ1) is 30.4. The van der Waals surface area contributed by atoms with Gasteiger partial charge >= 0.3 is 0 Å². The number of aromatic nitrogens is 2. The summed E-state index contributed by atoms with van der Waals surface area (Å²) in [5.74, 6) is 0.749. The Morgan fingerprint density at radius 1 is 0.841 bits per heavy atom. The van der Waals surface area contributed by atoms with Gasteiger partial charge in [-0.3, -0.25) is 28.9 Å². The Morgan fingerprint density at radius 3 is 2.32 bits per heavy atom. The standard InChI is InChI=1S/C45H53ClN10O6S/c1-62-39-26-34(10-12-37(39)49-45-47-27-36(46)42(51-45)48-38-5-3-4-30-15-21-56(41(30)38)63(2,60)61)52-19-16-33(17-20-52)53-22-24-54(25-23-53)44(59)31-14-18-55(28-31)32-8-6-29(7-9-32)35-11-13-40(57)50-43(35)58/h3-10,12,26-27,31,33,35H,11,13-25,28H2,1-2H3,(H,50,57,58)(H2,47,48,49,51)/t31-,35?/m0/s1. The first kappa shape index (κ1) is 42.6. The van der Waals surface area contributed by atoms with Crippen LogP contribution < -0.4 is 34.8 Å². The number of halogens is 1. The van der Waals surface area contributed by atoms with Crippen molar-refractivity contribution in [1.82, 2.24) is 25.1 Å². The molecule has 0 radical (unpaired) electrons. The second-order valence-electron chi connectivity index (χ2n) is 17.0. The molecule has 3 amide bonds. The Balaban J connectivity index is 0.752. The Kier molecular flexibility index (Phi) is 12.1. The SMILES string of the molecule is COc1cc(N2CCC(N3CCN(C(=O)[C@H]4CCN(c5ccc(C6CCC(=O)NC6=O)cc5)C4)CC3)CC2)ccc1Nc1ncc(Cl)c(Nc2cccc3c2N(S(C)(=O)=O)CC3)n1. The van der Waals surface area contributed by atoms with E-state index in [1.54, 1.807) is 7.11 Å². The van der Waals surface area contributed by atoms with Crippen LogP contribution >= 0.6 is 11.6 Å². The van der Waals surface area contributed by atoms with E-state index in [1.807, 2.05) is 54.6 Å². The number of rotatable bonds is 11. The number of methoxy groups -OCH3 is 1. The van der Waals surface area contributed by atoms with Crippen LogP contribution in [0.25, 0.3) is 0 Å². The van der Waals surface area contributed by atoms with Crippen LogP contribution in [0.1, 0.15) is 49.1 Å². The number of hydrogen-bond acceptors (Lipinski definition) is 13. The summed E-state index contributed by atoms with van der Waals surface area (Å²) < 4.78 is 32.3. The first-order valence-electron chi connectivity index (χ1n) is 21.7. The number of imide groups is 1. The molecule has 4 aromatic rings. The predicted molar refractivity (Wildman–Crippen MR) is 244 cm³/mol. The predicted octanol–water partition coefficient (Wildman–Crippen LogP) is 5.11. The summed E-state index contributed by atoms with van der Waals surface area (Å²) in [5, 5.41) is 9.24. The molecule has 0 bridgehead atoms. The highest BCUT2D eigenvalue weighted by molar-refractivity contribution is 7.92. The molecule has 0 aliphatic carbocycles. The van der Waals surface area contributed by atoms with E-state index in [0.29, 0.717) is 73.0 Å². The molecule has 16 nitrogen and oxygen atoms in total. The van der Waals surface area contributed by atoms with Crippen molar-refractivity contribution in [3.8, 4) is 5.75 Å².